The minimum atomic E-state index is 0.0200. The molecule has 2 rings (SSSR count). The van der Waals surface area contributed by atoms with E-state index in [1.165, 1.54) is 32.1 Å². The topological polar surface area (TPSA) is 53.2 Å². The summed E-state index contributed by atoms with van der Waals surface area (Å²) in [6.45, 7) is 7.74. The summed E-state index contributed by atoms with van der Waals surface area (Å²) in [6.07, 6.45) is 6.20. The first-order valence-electron chi connectivity index (χ1n) is 7.96. The molecule has 0 unspecified atom stereocenters. The van der Waals surface area contributed by atoms with Crippen LogP contribution in [0.2, 0.25) is 0 Å². The molecule has 1 fully saturated rings. The number of nitrogens with zero attached hydrogens (tertiary/aromatic N) is 1. The van der Waals surface area contributed by atoms with E-state index in [1.807, 2.05) is 13.8 Å². The summed E-state index contributed by atoms with van der Waals surface area (Å²) in [5.41, 5.74) is 2.89. The minimum absolute atomic E-state index is 0.0200. The van der Waals surface area contributed by atoms with E-state index < -0.39 is 0 Å². The van der Waals surface area contributed by atoms with E-state index in [2.05, 4.69) is 9.88 Å². The van der Waals surface area contributed by atoms with Crippen molar-refractivity contribution in [1.29, 1.82) is 0 Å². The average molecular weight is 290 g/mol. The van der Waals surface area contributed by atoms with Gasteiger partial charge in [-0.2, -0.15) is 0 Å². The van der Waals surface area contributed by atoms with Gasteiger partial charge < -0.3 is 4.98 Å². The Morgan fingerprint density at radius 2 is 1.62 bits per heavy atom. The van der Waals surface area contributed by atoms with Crippen LogP contribution >= 0.6 is 0 Å². The van der Waals surface area contributed by atoms with Gasteiger partial charge in [-0.15, -0.1) is 0 Å². The molecule has 1 N–H and O–H groups in total. The van der Waals surface area contributed by atoms with Gasteiger partial charge in [0, 0.05) is 11.3 Å². The number of aromatic nitrogens is 1. The maximum absolute atomic E-state index is 12.5. The van der Waals surface area contributed by atoms with Crippen LogP contribution in [0.25, 0.3) is 0 Å². The first-order chi connectivity index (χ1) is 10.0. The van der Waals surface area contributed by atoms with Gasteiger partial charge in [0.1, 0.15) is 0 Å². The molecule has 116 valence electrons. The van der Waals surface area contributed by atoms with Crippen molar-refractivity contribution < 1.29 is 9.59 Å². The number of nitrogens with one attached hydrogen (secondary N) is 1. The summed E-state index contributed by atoms with van der Waals surface area (Å²) in [5, 5.41) is 0. The summed E-state index contributed by atoms with van der Waals surface area (Å²) in [4.78, 5) is 29.6. The van der Waals surface area contributed by atoms with Gasteiger partial charge in [-0.05, 0) is 52.3 Å². The number of hydrogen-bond donors (Lipinski definition) is 1. The SMILES string of the molecule is CC(=O)c1c(C)[nH]c(C(=O)CN2CCCCCCC2)c1C. The summed E-state index contributed by atoms with van der Waals surface area (Å²) in [7, 11) is 0. The summed E-state index contributed by atoms with van der Waals surface area (Å²) < 4.78 is 0. The average Bonchev–Trinajstić information content (AvgIpc) is 2.67. The fourth-order valence-electron chi connectivity index (χ4n) is 3.31. The molecule has 0 aliphatic carbocycles. The highest BCUT2D eigenvalue weighted by atomic mass is 16.1. The van der Waals surface area contributed by atoms with E-state index >= 15 is 0 Å². The predicted octanol–water partition coefficient (Wildman–Crippen LogP) is 3.28. The van der Waals surface area contributed by atoms with Gasteiger partial charge in [0.2, 0.25) is 0 Å². The lowest BCUT2D eigenvalue weighted by Crippen LogP contribution is -2.33. The Balaban J connectivity index is 2.09. The second kappa shape index (κ2) is 7.03. The normalized spacial score (nSPS) is 17.3. The molecular formula is C17H26N2O2. The Morgan fingerprint density at radius 1 is 1.05 bits per heavy atom. The number of aromatic amines is 1. The van der Waals surface area contributed by atoms with E-state index in [0.717, 1.165) is 24.3 Å². The number of hydrogen-bond acceptors (Lipinski definition) is 3. The quantitative estimate of drug-likeness (QED) is 0.866. The maximum Gasteiger partial charge on any atom is 0.193 e. The van der Waals surface area contributed by atoms with E-state index in [0.29, 0.717) is 17.8 Å². The molecule has 1 aromatic rings. The number of Topliss-reactive ketones (excluding diaryl/α,β-unsaturated/α-hetero) is 2. The predicted molar refractivity (Wildman–Crippen MR) is 84.1 cm³/mol. The molecule has 0 spiro atoms. The Bertz CT molecular complexity index is 523. The lowest BCUT2D eigenvalue weighted by Gasteiger charge is -2.23. The van der Waals surface area contributed by atoms with Gasteiger partial charge in [-0.25, -0.2) is 0 Å². The van der Waals surface area contributed by atoms with Crippen LogP contribution in [0.4, 0.5) is 0 Å². The van der Waals surface area contributed by atoms with Crippen LogP contribution in [0.3, 0.4) is 0 Å². The third-order valence-electron chi connectivity index (χ3n) is 4.38. The van der Waals surface area contributed by atoms with Gasteiger partial charge in [-0.1, -0.05) is 19.3 Å². The molecule has 0 bridgehead atoms. The van der Waals surface area contributed by atoms with Crippen LogP contribution in [0.5, 0.6) is 0 Å². The molecule has 1 saturated heterocycles. The molecule has 2 heterocycles. The highest BCUT2D eigenvalue weighted by Gasteiger charge is 2.21. The fourth-order valence-corrected chi connectivity index (χ4v) is 3.31. The molecule has 4 heteroatoms. The van der Waals surface area contributed by atoms with Crippen molar-refractivity contribution in [2.75, 3.05) is 19.6 Å². The first kappa shape index (κ1) is 16.0. The Hall–Kier alpha value is -1.42. The summed E-state index contributed by atoms with van der Waals surface area (Å²) >= 11 is 0. The summed E-state index contributed by atoms with van der Waals surface area (Å²) in [5.74, 6) is 0.121. The van der Waals surface area contributed by atoms with Crippen LogP contribution in [0, 0.1) is 13.8 Å². The number of carbonyl (C=O) groups is 2. The molecule has 1 aliphatic heterocycles. The number of rotatable bonds is 4. The number of H-pyrrole nitrogens is 1. The molecule has 0 amide bonds. The van der Waals surface area contributed by atoms with Crippen LogP contribution in [-0.2, 0) is 0 Å². The Kier molecular flexibility index (Phi) is 5.34. The van der Waals surface area contributed by atoms with Crippen molar-refractivity contribution >= 4 is 11.6 Å². The van der Waals surface area contributed by atoms with Crippen molar-refractivity contribution in [2.24, 2.45) is 0 Å². The van der Waals surface area contributed by atoms with E-state index in [4.69, 9.17) is 0 Å². The lowest BCUT2D eigenvalue weighted by atomic mass is 10.0. The van der Waals surface area contributed by atoms with Gasteiger partial charge in [0.25, 0.3) is 0 Å². The lowest BCUT2D eigenvalue weighted by molar-refractivity contribution is 0.0919. The number of aryl methyl sites for hydroxylation is 1. The van der Waals surface area contributed by atoms with E-state index in [9.17, 15) is 9.59 Å². The van der Waals surface area contributed by atoms with Crippen LogP contribution in [0.15, 0.2) is 0 Å². The van der Waals surface area contributed by atoms with Crippen molar-refractivity contribution in [2.45, 2.75) is 52.9 Å². The van der Waals surface area contributed by atoms with Gasteiger partial charge in [0.15, 0.2) is 11.6 Å². The van der Waals surface area contributed by atoms with Crippen molar-refractivity contribution in [3.05, 3.63) is 22.5 Å². The third-order valence-corrected chi connectivity index (χ3v) is 4.38. The number of carbonyl (C=O) groups excluding carboxylic acids is 2. The Morgan fingerprint density at radius 3 is 2.14 bits per heavy atom. The summed E-state index contributed by atoms with van der Waals surface area (Å²) in [6, 6.07) is 0. The molecule has 0 atom stereocenters. The van der Waals surface area contributed by atoms with Crippen LogP contribution in [-0.4, -0.2) is 41.1 Å². The number of likely N-dealkylation sites (tertiary alicyclic amines) is 1. The monoisotopic (exact) mass is 290 g/mol. The largest absolute Gasteiger partial charge is 0.355 e. The molecule has 1 aliphatic rings. The minimum Gasteiger partial charge on any atom is -0.355 e. The van der Waals surface area contributed by atoms with Gasteiger partial charge in [0.05, 0.1) is 12.2 Å². The van der Waals surface area contributed by atoms with E-state index in [-0.39, 0.29) is 11.6 Å². The molecule has 21 heavy (non-hydrogen) atoms. The van der Waals surface area contributed by atoms with E-state index in [1.54, 1.807) is 6.92 Å². The zero-order chi connectivity index (χ0) is 15.4. The van der Waals surface area contributed by atoms with Crippen molar-refractivity contribution in [3.63, 3.8) is 0 Å². The highest BCUT2D eigenvalue weighted by molar-refractivity contribution is 6.03. The number of ketones is 2. The second-order valence-electron chi connectivity index (χ2n) is 6.15. The highest BCUT2D eigenvalue weighted by Crippen LogP contribution is 2.19. The zero-order valence-electron chi connectivity index (χ0n) is 13.4. The van der Waals surface area contributed by atoms with Crippen molar-refractivity contribution in [1.82, 2.24) is 9.88 Å². The molecule has 4 nitrogen and oxygen atoms in total. The fraction of sp³-hybridized carbons (Fsp3) is 0.647. The molecular weight excluding hydrogens is 264 g/mol. The second-order valence-corrected chi connectivity index (χ2v) is 6.15. The maximum atomic E-state index is 12.5. The van der Waals surface area contributed by atoms with Crippen molar-refractivity contribution in [3.8, 4) is 0 Å². The Labute approximate surface area is 126 Å². The molecule has 1 aromatic heterocycles. The van der Waals surface area contributed by atoms with Crippen LogP contribution in [0.1, 0.15) is 71.1 Å². The van der Waals surface area contributed by atoms with Gasteiger partial charge >= 0.3 is 0 Å². The standard InChI is InChI=1S/C17H26N2O2/c1-12-16(14(3)20)13(2)18-17(12)15(21)11-19-9-7-5-4-6-8-10-19/h18H,4-11H2,1-3H3. The molecule has 0 aromatic carbocycles. The third kappa shape index (κ3) is 3.82. The molecule has 0 saturated carbocycles. The molecule has 0 radical (unpaired) electrons. The first-order valence-corrected chi connectivity index (χ1v) is 7.96. The smallest absolute Gasteiger partial charge is 0.193 e. The zero-order valence-corrected chi connectivity index (χ0v) is 13.4. The van der Waals surface area contributed by atoms with Gasteiger partial charge in [-0.3, -0.25) is 14.5 Å². The van der Waals surface area contributed by atoms with Crippen LogP contribution < -0.4 is 0 Å².